The fourth-order valence-corrected chi connectivity index (χ4v) is 3.77. The maximum Gasteiger partial charge on any atom is 0.238 e. The zero-order chi connectivity index (χ0) is 17.3. The van der Waals surface area contributed by atoms with Gasteiger partial charge in [0.15, 0.2) is 5.78 Å². The molecule has 0 saturated heterocycles. The van der Waals surface area contributed by atoms with Gasteiger partial charge in [-0.1, -0.05) is 38.1 Å². The van der Waals surface area contributed by atoms with E-state index in [-0.39, 0.29) is 36.4 Å². The quantitative estimate of drug-likeness (QED) is 0.740. The lowest BCUT2D eigenvalue weighted by molar-refractivity contribution is -0.117. The average Bonchev–Trinajstić information content (AvgIpc) is 3.01. The number of anilines is 1. The van der Waals surface area contributed by atoms with Crippen LogP contribution in [0.1, 0.15) is 45.0 Å². The van der Waals surface area contributed by atoms with Crippen LogP contribution in [-0.4, -0.2) is 42.0 Å². The van der Waals surface area contributed by atoms with E-state index < -0.39 is 0 Å². The number of fused-ring (bicyclic) bond motifs is 2. The Balaban J connectivity index is 0.00000225. The van der Waals surface area contributed by atoms with Crippen LogP contribution in [0, 0.1) is 0 Å². The minimum Gasteiger partial charge on any atom is -0.324 e. The molecule has 0 bridgehead atoms. The maximum atomic E-state index is 12.7. The predicted octanol–water partition coefficient (Wildman–Crippen LogP) is 3.23. The minimum absolute atomic E-state index is 0. The Bertz CT molecular complexity index is 827. The topological polar surface area (TPSA) is 66.5 Å². The maximum absolute atomic E-state index is 12.7. The number of likely N-dealkylation sites (N-methyl/N-ethyl adjacent to an activating group) is 1. The molecule has 0 fully saturated rings. The molecule has 1 aromatic heterocycles. The lowest BCUT2D eigenvalue weighted by Crippen LogP contribution is -2.33. The Kier molecular flexibility index (Phi) is 6.11. The number of hydrogen-bond donors (Lipinski definition) is 1. The van der Waals surface area contributed by atoms with Crippen molar-refractivity contribution < 1.29 is 14.4 Å². The molecule has 1 N–H and O–H groups in total. The van der Waals surface area contributed by atoms with E-state index in [9.17, 15) is 14.4 Å². The highest BCUT2D eigenvalue weighted by molar-refractivity contribution is 7.13. The molecular weight excluding hydrogens is 360 g/mol. The normalized spacial score (nSPS) is 12.4. The summed E-state index contributed by atoms with van der Waals surface area (Å²) in [4.78, 5) is 39.9. The lowest BCUT2D eigenvalue weighted by atomic mass is 9.88. The molecule has 1 aliphatic carbocycles. The van der Waals surface area contributed by atoms with Gasteiger partial charge in [0.05, 0.1) is 22.7 Å². The summed E-state index contributed by atoms with van der Waals surface area (Å²) in [6.45, 7) is 5.79. The smallest absolute Gasteiger partial charge is 0.238 e. The number of benzene rings is 1. The average molecular weight is 379 g/mol. The van der Waals surface area contributed by atoms with Crippen LogP contribution in [0.2, 0.25) is 0 Å². The van der Waals surface area contributed by atoms with Crippen molar-refractivity contribution in [2.24, 2.45) is 0 Å². The van der Waals surface area contributed by atoms with E-state index >= 15 is 0 Å². The molecule has 0 spiro atoms. The summed E-state index contributed by atoms with van der Waals surface area (Å²) in [6.07, 6.45) is 0. The van der Waals surface area contributed by atoms with E-state index in [0.29, 0.717) is 27.3 Å². The van der Waals surface area contributed by atoms with E-state index in [1.807, 2.05) is 18.7 Å². The monoisotopic (exact) mass is 378 g/mol. The first-order chi connectivity index (χ1) is 11.6. The minimum atomic E-state index is -0.209. The number of carbonyl (C=O) groups excluding carboxylic acids is 3. The van der Waals surface area contributed by atoms with Gasteiger partial charge < -0.3 is 5.32 Å². The fourth-order valence-electron chi connectivity index (χ4n) is 2.82. The number of rotatable bonds is 5. The highest BCUT2D eigenvalue weighted by atomic mass is 35.5. The first-order valence-electron chi connectivity index (χ1n) is 7.88. The van der Waals surface area contributed by atoms with Gasteiger partial charge in [0.2, 0.25) is 11.7 Å². The number of ketones is 2. The second kappa shape index (κ2) is 7.91. The van der Waals surface area contributed by atoms with Gasteiger partial charge in [-0.3, -0.25) is 19.3 Å². The standard InChI is InChI=1S/C18H18N2O3S.ClH/c1-3-20(4-2)9-14(21)19-13-10-24-18-15(13)16(22)11-7-5-6-8-12(11)17(18)23;/h5-8,10H,3-4,9H2,1-2H3,(H,19,21);1H. The number of nitrogens with zero attached hydrogens (tertiary/aromatic N) is 1. The van der Waals surface area contributed by atoms with Gasteiger partial charge in [-0.25, -0.2) is 0 Å². The van der Waals surface area contributed by atoms with Crippen LogP contribution < -0.4 is 5.32 Å². The molecule has 2 aromatic rings. The zero-order valence-electron chi connectivity index (χ0n) is 14.0. The van der Waals surface area contributed by atoms with Gasteiger partial charge >= 0.3 is 0 Å². The van der Waals surface area contributed by atoms with Crippen LogP contribution in [0.25, 0.3) is 0 Å². The number of halogens is 1. The van der Waals surface area contributed by atoms with E-state index in [1.54, 1.807) is 29.6 Å². The Morgan fingerprint density at radius 3 is 2.28 bits per heavy atom. The summed E-state index contributed by atoms with van der Waals surface area (Å²) >= 11 is 1.20. The van der Waals surface area contributed by atoms with E-state index in [0.717, 1.165) is 13.1 Å². The molecule has 5 nitrogen and oxygen atoms in total. The number of amides is 1. The second-order valence-corrected chi connectivity index (χ2v) is 6.45. The second-order valence-electron chi connectivity index (χ2n) is 5.57. The molecule has 1 heterocycles. The third-order valence-electron chi connectivity index (χ3n) is 4.18. The van der Waals surface area contributed by atoms with E-state index in [2.05, 4.69) is 5.32 Å². The SMILES string of the molecule is CCN(CC)CC(=O)Nc1csc2c1C(=O)c1ccccc1C2=O.Cl. The first kappa shape index (κ1) is 19.3. The highest BCUT2D eigenvalue weighted by Gasteiger charge is 2.33. The van der Waals surface area contributed by atoms with E-state index in [1.165, 1.54) is 11.3 Å². The van der Waals surface area contributed by atoms with Gasteiger partial charge in [0, 0.05) is 16.5 Å². The largest absolute Gasteiger partial charge is 0.324 e. The van der Waals surface area contributed by atoms with Crippen molar-refractivity contribution in [2.45, 2.75) is 13.8 Å². The molecule has 0 unspecified atom stereocenters. The Labute approximate surface area is 156 Å². The molecule has 0 radical (unpaired) electrons. The molecular formula is C18H19ClN2O3S. The molecule has 0 aliphatic heterocycles. The Morgan fingerprint density at radius 1 is 1.08 bits per heavy atom. The third-order valence-corrected chi connectivity index (χ3v) is 5.16. The summed E-state index contributed by atoms with van der Waals surface area (Å²) in [7, 11) is 0. The molecule has 25 heavy (non-hydrogen) atoms. The number of hydrogen-bond acceptors (Lipinski definition) is 5. The first-order valence-corrected chi connectivity index (χ1v) is 8.76. The lowest BCUT2D eigenvalue weighted by Gasteiger charge is -2.18. The van der Waals surface area contributed by atoms with Gasteiger partial charge in [0.25, 0.3) is 0 Å². The third kappa shape index (κ3) is 3.51. The Hall–Kier alpha value is -2.02. The molecule has 1 aromatic carbocycles. The zero-order valence-corrected chi connectivity index (χ0v) is 15.6. The van der Waals surface area contributed by atoms with Crippen molar-refractivity contribution in [1.82, 2.24) is 4.90 Å². The molecule has 7 heteroatoms. The van der Waals surface area contributed by atoms with Crippen molar-refractivity contribution in [1.29, 1.82) is 0 Å². The van der Waals surface area contributed by atoms with Gasteiger partial charge in [-0.15, -0.1) is 23.7 Å². The summed E-state index contributed by atoms with van der Waals surface area (Å²) in [5, 5.41) is 4.46. The molecule has 3 rings (SSSR count). The van der Waals surface area contributed by atoms with Crippen molar-refractivity contribution in [3.8, 4) is 0 Å². The molecule has 0 saturated carbocycles. The number of nitrogens with one attached hydrogen (secondary N) is 1. The van der Waals surface area contributed by atoms with Crippen molar-refractivity contribution in [3.05, 3.63) is 51.2 Å². The summed E-state index contributed by atoms with van der Waals surface area (Å²) in [5.74, 6) is -0.549. The van der Waals surface area contributed by atoms with E-state index in [4.69, 9.17) is 0 Å². The molecule has 1 amide bonds. The number of thiophene rings is 1. The molecule has 132 valence electrons. The van der Waals surface area contributed by atoms with Crippen LogP contribution in [-0.2, 0) is 4.79 Å². The van der Waals surface area contributed by atoms with Gasteiger partial charge in [0.1, 0.15) is 0 Å². The van der Waals surface area contributed by atoms with Gasteiger partial charge in [-0.05, 0) is 13.1 Å². The summed E-state index contributed by atoms with van der Waals surface area (Å²) in [6, 6.07) is 6.80. The summed E-state index contributed by atoms with van der Waals surface area (Å²) < 4.78 is 0. The van der Waals surface area contributed by atoms with Crippen LogP contribution in [0.3, 0.4) is 0 Å². The van der Waals surface area contributed by atoms with Gasteiger partial charge in [-0.2, -0.15) is 0 Å². The Morgan fingerprint density at radius 2 is 1.68 bits per heavy atom. The fraction of sp³-hybridized carbons (Fsp3) is 0.278. The predicted molar refractivity (Wildman–Crippen MR) is 101 cm³/mol. The van der Waals surface area contributed by atoms with Crippen LogP contribution >= 0.6 is 23.7 Å². The van der Waals surface area contributed by atoms with Crippen LogP contribution in [0.4, 0.5) is 5.69 Å². The van der Waals surface area contributed by atoms with Crippen molar-refractivity contribution in [2.75, 3.05) is 25.0 Å². The van der Waals surface area contributed by atoms with Crippen molar-refractivity contribution >= 4 is 46.9 Å². The van der Waals surface area contributed by atoms with Crippen LogP contribution in [0.5, 0.6) is 0 Å². The highest BCUT2D eigenvalue weighted by Crippen LogP contribution is 2.36. The van der Waals surface area contributed by atoms with Crippen LogP contribution in [0.15, 0.2) is 29.6 Å². The van der Waals surface area contributed by atoms with Crippen molar-refractivity contribution in [3.63, 3.8) is 0 Å². The number of carbonyl (C=O) groups is 3. The molecule has 0 atom stereocenters. The summed E-state index contributed by atoms with van der Waals surface area (Å²) in [5.41, 5.74) is 1.57. The molecule has 1 aliphatic rings.